The second-order valence-corrected chi connectivity index (χ2v) is 7.93. The van der Waals surface area contributed by atoms with Crippen LogP contribution in [0.4, 0.5) is 0 Å². The molecule has 1 heterocycles. The lowest BCUT2D eigenvalue weighted by Gasteiger charge is -2.12. The summed E-state index contributed by atoms with van der Waals surface area (Å²) in [5.41, 5.74) is 5.01. The maximum atomic E-state index is 12.6. The molecule has 0 bridgehead atoms. The Morgan fingerprint density at radius 1 is 1.00 bits per heavy atom. The third-order valence-electron chi connectivity index (χ3n) is 5.07. The number of benzene rings is 3. The van der Waals surface area contributed by atoms with Crippen molar-refractivity contribution in [2.45, 2.75) is 11.6 Å². The van der Waals surface area contributed by atoms with Gasteiger partial charge in [-0.05, 0) is 47.7 Å². The van der Waals surface area contributed by atoms with Crippen molar-refractivity contribution in [3.8, 4) is 17.1 Å². The summed E-state index contributed by atoms with van der Waals surface area (Å²) in [5.74, 6) is 1.49. The van der Waals surface area contributed by atoms with E-state index in [1.807, 2.05) is 77.7 Å². The van der Waals surface area contributed by atoms with Crippen LogP contribution in [0, 0.1) is 0 Å². The van der Waals surface area contributed by atoms with Crippen molar-refractivity contribution < 1.29 is 9.53 Å². The molecule has 0 radical (unpaired) electrons. The van der Waals surface area contributed by atoms with E-state index in [1.165, 1.54) is 11.8 Å². The van der Waals surface area contributed by atoms with Crippen LogP contribution < -0.4 is 15.5 Å². The van der Waals surface area contributed by atoms with E-state index < -0.39 is 0 Å². The van der Waals surface area contributed by atoms with Crippen molar-refractivity contribution in [1.29, 1.82) is 0 Å². The van der Waals surface area contributed by atoms with Crippen LogP contribution in [0.1, 0.15) is 16.8 Å². The smallest absolute Gasteiger partial charge is 0.251 e. The van der Waals surface area contributed by atoms with E-state index in [9.17, 15) is 4.79 Å². The molecule has 4 aromatic rings. The molecule has 0 fully saturated rings. The molecule has 8 heteroatoms. The van der Waals surface area contributed by atoms with Crippen molar-refractivity contribution in [2.24, 2.45) is 0 Å². The fourth-order valence-corrected chi connectivity index (χ4v) is 3.85. The Balaban J connectivity index is 1.32. The summed E-state index contributed by atoms with van der Waals surface area (Å²) in [6.45, 7) is 1.23. The van der Waals surface area contributed by atoms with Crippen LogP contribution in [0.2, 0.25) is 0 Å². The first-order valence-corrected chi connectivity index (χ1v) is 11.6. The SMILES string of the molecule is COc1ccc2cc(C(=O)NCCCNn3c(SC)nnc3-c3ccccc3)ccc2c1. The second kappa shape index (κ2) is 10.2. The largest absolute Gasteiger partial charge is 0.497 e. The zero-order chi connectivity index (χ0) is 22.3. The van der Waals surface area contributed by atoms with Crippen LogP contribution in [0.5, 0.6) is 5.75 Å². The van der Waals surface area contributed by atoms with Crippen LogP contribution in [0.3, 0.4) is 0 Å². The Hall–Kier alpha value is -3.52. The molecule has 0 unspecified atom stereocenters. The molecule has 0 aliphatic heterocycles. The Kier molecular flexibility index (Phi) is 6.91. The van der Waals surface area contributed by atoms with Gasteiger partial charge in [-0.2, -0.15) is 0 Å². The molecule has 0 atom stereocenters. The van der Waals surface area contributed by atoms with E-state index >= 15 is 0 Å². The lowest BCUT2D eigenvalue weighted by Crippen LogP contribution is -2.27. The van der Waals surface area contributed by atoms with Crippen molar-refractivity contribution in [3.63, 3.8) is 0 Å². The van der Waals surface area contributed by atoms with Crippen molar-refractivity contribution in [2.75, 3.05) is 31.9 Å². The van der Waals surface area contributed by atoms with E-state index in [1.54, 1.807) is 7.11 Å². The van der Waals surface area contributed by atoms with Gasteiger partial charge in [0.2, 0.25) is 5.16 Å². The number of hydrogen-bond donors (Lipinski definition) is 2. The van der Waals surface area contributed by atoms with Gasteiger partial charge in [0, 0.05) is 24.2 Å². The van der Waals surface area contributed by atoms with Gasteiger partial charge in [-0.25, -0.2) is 4.68 Å². The van der Waals surface area contributed by atoms with Gasteiger partial charge in [0.05, 0.1) is 7.11 Å². The number of carbonyl (C=O) groups excluding carboxylic acids is 1. The number of methoxy groups -OCH3 is 1. The molecule has 0 spiro atoms. The molecule has 164 valence electrons. The molecule has 0 aliphatic rings. The number of aromatic nitrogens is 3. The number of rotatable bonds is 9. The standard InChI is InChI=1S/C24H25N5O2S/c1-31-21-12-11-18-15-20(10-9-19(18)16-21)23(30)25-13-6-14-26-29-22(27-28-24(29)32-2)17-7-4-3-5-8-17/h3-5,7-12,15-16,26H,6,13-14H2,1-2H3,(H,25,30). The average molecular weight is 448 g/mol. The van der Waals surface area contributed by atoms with Crippen molar-refractivity contribution >= 4 is 28.4 Å². The fraction of sp³-hybridized carbons (Fsp3) is 0.208. The fourth-order valence-electron chi connectivity index (χ4n) is 3.39. The zero-order valence-electron chi connectivity index (χ0n) is 18.0. The topological polar surface area (TPSA) is 81.1 Å². The third-order valence-corrected chi connectivity index (χ3v) is 5.70. The highest BCUT2D eigenvalue weighted by atomic mass is 32.2. The molecule has 32 heavy (non-hydrogen) atoms. The number of fused-ring (bicyclic) bond motifs is 1. The summed E-state index contributed by atoms with van der Waals surface area (Å²) in [7, 11) is 1.64. The van der Waals surface area contributed by atoms with Crippen molar-refractivity contribution in [3.05, 3.63) is 72.3 Å². The Labute approximate surface area is 191 Å². The summed E-state index contributed by atoms with van der Waals surface area (Å²) in [5, 5.41) is 14.4. The van der Waals surface area contributed by atoms with Gasteiger partial charge >= 0.3 is 0 Å². The minimum atomic E-state index is -0.0817. The molecule has 0 saturated carbocycles. The molecular weight excluding hydrogens is 422 g/mol. The first-order chi connectivity index (χ1) is 15.7. The number of amides is 1. The number of nitrogens with one attached hydrogen (secondary N) is 2. The normalized spacial score (nSPS) is 10.8. The van der Waals surface area contributed by atoms with Gasteiger partial charge in [0.15, 0.2) is 5.82 Å². The molecule has 1 amide bonds. The lowest BCUT2D eigenvalue weighted by atomic mass is 10.1. The number of nitrogens with zero attached hydrogens (tertiary/aromatic N) is 3. The number of ether oxygens (including phenoxy) is 1. The van der Waals surface area contributed by atoms with Gasteiger partial charge in [0.1, 0.15) is 5.75 Å². The van der Waals surface area contributed by atoms with E-state index in [0.29, 0.717) is 18.7 Å². The van der Waals surface area contributed by atoms with E-state index in [-0.39, 0.29) is 5.91 Å². The van der Waals surface area contributed by atoms with Crippen molar-refractivity contribution in [1.82, 2.24) is 20.2 Å². The first-order valence-electron chi connectivity index (χ1n) is 10.3. The Morgan fingerprint density at radius 2 is 1.78 bits per heavy atom. The van der Waals surface area contributed by atoms with E-state index in [4.69, 9.17) is 4.74 Å². The summed E-state index contributed by atoms with van der Waals surface area (Å²) >= 11 is 1.53. The molecule has 2 N–H and O–H groups in total. The Morgan fingerprint density at radius 3 is 2.56 bits per heavy atom. The van der Waals surface area contributed by atoms with E-state index in [2.05, 4.69) is 20.9 Å². The summed E-state index contributed by atoms with van der Waals surface area (Å²) in [6.07, 6.45) is 2.73. The van der Waals surface area contributed by atoms with E-state index in [0.717, 1.165) is 39.5 Å². The quantitative estimate of drug-likeness (QED) is 0.296. The van der Waals surface area contributed by atoms with Gasteiger partial charge in [-0.15, -0.1) is 10.2 Å². The van der Waals surface area contributed by atoms with Crippen LogP contribution in [-0.4, -0.2) is 47.2 Å². The monoisotopic (exact) mass is 447 g/mol. The van der Waals surface area contributed by atoms with Gasteiger partial charge in [0.25, 0.3) is 5.91 Å². The summed E-state index contributed by atoms with van der Waals surface area (Å²) in [4.78, 5) is 12.6. The molecule has 4 rings (SSSR count). The molecule has 0 aliphatic carbocycles. The van der Waals surface area contributed by atoms with Crippen LogP contribution >= 0.6 is 11.8 Å². The predicted molar refractivity (Wildman–Crippen MR) is 129 cm³/mol. The highest BCUT2D eigenvalue weighted by Crippen LogP contribution is 2.22. The van der Waals surface area contributed by atoms with Gasteiger partial charge in [-0.1, -0.05) is 54.2 Å². The minimum Gasteiger partial charge on any atom is -0.497 e. The molecule has 3 aromatic carbocycles. The average Bonchev–Trinajstić information content (AvgIpc) is 3.26. The Bertz CT molecular complexity index is 1210. The maximum absolute atomic E-state index is 12.6. The first kappa shape index (κ1) is 21.7. The third kappa shape index (κ3) is 4.86. The number of thioether (sulfide) groups is 1. The lowest BCUT2D eigenvalue weighted by molar-refractivity contribution is 0.0953. The van der Waals surface area contributed by atoms with Crippen LogP contribution in [-0.2, 0) is 0 Å². The molecule has 7 nitrogen and oxygen atoms in total. The second-order valence-electron chi connectivity index (χ2n) is 7.16. The van der Waals surface area contributed by atoms with Gasteiger partial charge < -0.3 is 15.5 Å². The molecule has 0 saturated heterocycles. The summed E-state index contributed by atoms with van der Waals surface area (Å²) < 4.78 is 7.16. The maximum Gasteiger partial charge on any atom is 0.251 e. The molecular formula is C24H25N5O2S. The summed E-state index contributed by atoms with van der Waals surface area (Å²) in [6, 6.07) is 21.4. The predicted octanol–water partition coefficient (Wildman–Crippen LogP) is 4.19. The van der Waals surface area contributed by atoms with Gasteiger partial charge in [-0.3, -0.25) is 4.79 Å². The highest BCUT2D eigenvalue weighted by Gasteiger charge is 2.13. The number of hydrogen-bond acceptors (Lipinski definition) is 6. The minimum absolute atomic E-state index is 0.0817. The van der Waals surface area contributed by atoms with Crippen LogP contribution in [0.15, 0.2) is 71.9 Å². The molecule has 1 aromatic heterocycles. The van der Waals surface area contributed by atoms with Crippen LogP contribution in [0.25, 0.3) is 22.2 Å². The number of carbonyl (C=O) groups is 1. The zero-order valence-corrected chi connectivity index (χ0v) is 18.9. The highest BCUT2D eigenvalue weighted by molar-refractivity contribution is 7.98.